The zero-order valence-corrected chi connectivity index (χ0v) is 16.7. The van der Waals surface area contributed by atoms with E-state index < -0.39 is 0 Å². The summed E-state index contributed by atoms with van der Waals surface area (Å²) in [6.07, 6.45) is 1.85. The number of nitriles is 1. The number of carbonyl (C=O) groups excluding carboxylic acids is 1. The number of hydrogen-bond acceptors (Lipinski definition) is 6. The summed E-state index contributed by atoms with van der Waals surface area (Å²) in [7, 11) is 0. The number of piperazine rings is 1. The minimum Gasteiger partial charge on any atom is -0.442 e. The van der Waals surface area contributed by atoms with Crippen molar-refractivity contribution in [3.05, 3.63) is 24.3 Å². The Kier molecular flexibility index (Phi) is 5.64. The zero-order chi connectivity index (χ0) is 19.5. The van der Waals surface area contributed by atoms with Gasteiger partial charge in [-0.1, -0.05) is 12.2 Å². The van der Waals surface area contributed by atoms with E-state index in [0.29, 0.717) is 25.6 Å². The lowest BCUT2D eigenvalue weighted by Gasteiger charge is -2.35. The predicted octanol–water partition coefficient (Wildman–Crippen LogP) is 1.98. The lowest BCUT2D eigenvalue weighted by Crippen LogP contribution is -2.46. The number of cyclic esters (lactones) is 1. The molecule has 1 atom stereocenters. The van der Waals surface area contributed by atoms with Gasteiger partial charge >= 0.3 is 6.09 Å². The molecule has 3 aliphatic rings. The highest BCUT2D eigenvalue weighted by Gasteiger charge is 2.33. The van der Waals surface area contributed by atoms with Crippen molar-refractivity contribution in [3.8, 4) is 6.07 Å². The van der Waals surface area contributed by atoms with Crippen molar-refractivity contribution in [1.82, 2.24) is 10.2 Å². The van der Waals surface area contributed by atoms with Crippen molar-refractivity contribution in [3.63, 3.8) is 0 Å². The topological polar surface area (TPSA) is 71.8 Å². The first kappa shape index (κ1) is 19.0. The van der Waals surface area contributed by atoms with Gasteiger partial charge < -0.3 is 15.0 Å². The zero-order valence-electron chi connectivity index (χ0n) is 15.8. The summed E-state index contributed by atoms with van der Waals surface area (Å²) in [5.74, 6) is 0.525. The first-order valence-electron chi connectivity index (χ1n) is 9.84. The van der Waals surface area contributed by atoms with E-state index in [1.54, 1.807) is 4.90 Å². The molecule has 1 aromatic carbocycles. The van der Waals surface area contributed by atoms with Crippen LogP contribution in [-0.4, -0.2) is 67.9 Å². The molecule has 7 nitrogen and oxygen atoms in total. The second-order valence-corrected chi connectivity index (χ2v) is 8.01. The van der Waals surface area contributed by atoms with Crippen molar-refractivity contribution in [2.75, 3.05) is 55.6 Å². The number of thiocarbonyl (C=S) groups is 1. The maximum Gasteiger partial charge on any atom is 0.414 e. The van der Waals surface area contributed by atoms with Crippen LogP contribution in [-0.2, 0) is 4.74 Å². The van der Waals surface area contributed by atoms with Gasteiger partial charge in [-0.2, -0.15) is 5.26 Å². The van der Waals surface area contributed by atoms with Gasteiger partial charge in [0.1, 0.15) is 6.10 Å². The molecule has 0 bridgehead atoms. The Labute approximate surface area is 170 Å². The van der Waals surface area contributed by atoms with Gasteiger partial charge in [0.2, 0.25) is 0 Å². The van der Waals surface area contributed by atoms with E-state index in [2.05, 4.69) is 33.3 Å². The molecule has 148 valence electrons. The van der Waals surface area contributed by atoms with Crippen LogP contribution in [0, 0.1) is 17.2 Å². The normalized spacial score (nSPS) is 22.7. The Bertz CT molecular complexity index is 766. The molecule has 2 heterocycles. The minimum atomic E-state index is -0.304. The summed E-state index contributed by atoms with van der Waals surface area (Å²) in [5, 5.41) is 12.0. The van der Waals surface area contributed by atoms with Crippen molar-refractivity contribution < 1.29 is 9.53 Å². The van der Waals surface area contributed by atoms with Crippen molar-refractivity contribution in [2.24, 2.45) is 5.92 Å². The molecule has 0 radical (unpaired) electrons. The van der Waals surface area contributed by atoms with E-state index in [9.17, 15) is 4.79 Å². The molecule has 0 unspecified atom stereocenters. The number of nitrogens with one attached hydrogen (secondary N) is 1. The van der Waals surface area contributed by atoms with Crippen LogP contribution in [0.5, 0.6) is 0 Å². The number of carbonyl (C=O) groups is 1. The second kappa shape index (κ2) is 8.33. The Morgan fingerprint density at radius 3 is 2.50 bits per heavy atom. The molecule has 1 aliphatic carbocycles. The minimum absolute atomic E-state index is 0.183. The summed E-state index contributed by atoms with van der Waals surface area (Å²) in [5.41, 5.74) is 1.99. The lowest BCUT2D eigenvalue weighted by atomic mass is 10.2. The first-order valence-corrected chi connectivity index (χ1v) is 10.2. The molecule has 2 aliphatic heterocycles. The van der Waals surface area contributed by atoms with E-state index in [4.69, 9.17) is 22.2 Å². The summed E-state index contributed by atoms with van der Waals surface area (Å²) >= 11 is 5.34. The molecule has 28 heavy (non-hydrogen) atoms. The highest BCUT2D eigenvalue weighted by Crippen LogP contribution is 2.30. The van der Waals surface area contributed by atoms with Crippen LogP contribution in [0.2, 0.25) is 0 Å². The van der Waals surface area contributed by atoms with Crippen molar-refractivity contribution in [2.45, 2.75) is 18.9 Å². The Balaban J connectivity index is 1.30. The van der Waals surface area contributed by atoms with Crippen LogP contribution in [0.4, 0.5) is 16.2 Å². The third-order valence-electron chi connectivity index (χ3n) is 5.52. The third kappa shape index (κ3) is 4.37. The molecule has 4 rings (SSSR count). The Morgan fingerprint density at radius 2 is 1.86 bits per heavy atom. The van der Waals surface area contributed by atoms with Crippen LogP contribution in [0.25, 0.3) is 0 Å². The van der Waals surface area contributed by atoms with Crippen LogP contribution < -0.4 is 15.1 Å². The fourth-order valence-corrected chi connectivity index (χ4v) is 3.97. The molecule has 0 aromatic heterocycles. The Hall–Kier alpha value is -2.37. The summed E-state index contributed by atoms with van der Waals surface area (Å²) in [4.78, 5) is 19.3. The molecule has 1 amide bonds. The number of anilines is 2. The van der Waals surface area contributed by atoms with Gasteiger partial charge in [0, 0.05) is 43.5 Å². The molecule has 2 saturated heterocycles. The smallest absolute Gasteiger partial charge is 0.414 e. The molecule has 1 aromatic rings. The number of nitrogens with zero attached hydrogens (tertiary/aromatic N) is 4. The van der Waals surface area contributed by atoms with Gasteiger partial charge in [-0.3, -0.25) is 9.80 Å². The number of rotatable bonds is 6. The number of amides is 1. The first-order chi connectivity index (χ1) is 13.6. The van der Waals surface area contributed by atoms with Crippen LogP contribution in [0.1, 0.15) is 12.8 Å². The quantitative estimate of drug-likeness (QED) is 0.579. The standard InChI is InChI=1S/C20H25N5O2S/c21-7-8-23-9-11-24(12-10-23)16-3-5-17(6-4-16)25-14-18(27-20(25)26)13-22-19(28)15-1-2-15/h3-6,15,18H,1-2,8-14H2,(H,22,28)/t18-/m0/s1. The summed E-state index contributed by atoms with van der Waals surface area (Å²) < 4.78 is 5.48. The average Bonchev–Trinajstić information content (AvgIpc) is 3.50. The fourth-order valence-electron chi connectivity index (χ4n) is 3.65. The summed E-state index contributed by atoms with van der Waals surface area (Å²) in [6, 6.07) is 10.3. The van der Waals surface area contributed by atoms with E-state index in [1.165, 1.54) is 12.8 Å². The molecular formula is C20H25N5O2S. The van der Waals surface area contributed by atoms with Gasteiger partial charge in [0.05, 0.1) is 30.7 Å². The van der Waals surface area contributed by atoms with Crippen LogP contribution in [0.3, 0.4) is 0 Å². The van der Waals surface area contributed by atoms with E-state index in [0.717, 1.165) is 42.5 Å². The van der Waals surface area contributed by atoms with Crippen molar-refractivity contribution in [1.29, 1.82) is 5.26 Å². The van der Waals surface area contributed by atoms with Gasteiger partial charge in [-0.15, -0.1) is 0 Å². The van der Waals surface area contributed by atoms with Gasteiger partial charge in [-0.25, -0.2) is 4.79 Å². The SMILES string of the molecule is N#CCN1CCN(c2ccc(N3C[C@H](CNC(=S)C4CC4)OC3=O)cc2)CC1. The molecule has 1 saturated carbocycles. The van der Waals surface area contributed by atoms with Gasteiger partial charge in [0.15, 0.2) is 0 Å². The average molecular weight is 400 g/mol. The molecule has 0 spiro atoms. The summed E-state index contributed by atoms with van der Waals surface area (Å²) in [6.45, 7) is 5.19. The number of hydrogen-bond donors (Lipinski definition) is 1. The lowest BCUT2D eigenvalue weighted by molar-refractivity contribution is 0.143. The second-order valence-electron chi connectivity index (χ2n) is 7.57. The van der Waals surface area contributed by atoms with Crippen molar-refractivity contribution >= 4 is 34.7 Å². The third-order valence-corrected chi connectivity index (χ3v) is 6.00. The van der Waals surface area contributed by atoms with E-state index in [1.807, 2.05) is 12.1 Å². The maximum atomic E-state index is 12.3. The monoisotopic (exact) mass is 399 g/mol. The van der Waals surface area contributed by atoms with Gasteiger partial charge in [0.25, 0.3) is 0 Å². The highest BCUT2D eigenvalue weighted by molar-refractivity contribution is 7.80. The number of benzene rings is 1. The van der Waals surface area contributed by atoms with E-state index in [-0.39, 0.29) is 12.2 Å². The molecular weight excluding hydrogens is 374 g/mol. The number of ether oxygens (including phenoxy) is 1. The largest absolute Gasteiger partial charge is 0.442 e. The molecule has 1 N–H and O–H groups in total. The molecule has 3 fully saturated rings. The van der Waals surface area contributed by atoms with Gasteiger partial charge in [-0.05, 0) is 37.1 Å². The van der Waals surface area contributed by atoms with Crippen LogP contribution in [0.15, 0.2) is 24.3 Å². The van der Waals surface area contributed by atoms with E-state index >= 15 is 0 Å². The fraction of sp³-hybridized carbons (Fsp3) is 0.550. The Morgan fingerprint density at radius 1 is 1.18 bits per heavy atom. The maximum absolute atomic E-state index is 12.3. The predicted molar refractivity (Wildman–Crippen MR) is 112 cm³/mol. The van der Waals surface area contributed by atoms with Crippen LogP contribution >= 0.6 is 12.2 Å². The molecule has 8 heteroatoms. The highest BCUT2D eigenvalue weighted by atomic mass is 32.1.